The van der Waals surface area contributed by atoms with Crippen molar-refractivity contribution in [2.75, 3.05) is 0 Å². The molecule has 1 N–H and O–H groups in total. The van der Waals surface area contributed by atoms with Crippen LogP contribution in [0.2, 0.25) is 5.28 Å². The van der Waals surface area contributed by atoms with Crippen molar-refractivity contribution in [2.45, 2.75) is 0 Å². The summed E-state index contributed by atoms with van der Waals surface area (Å²) >= 11 is 5.76. The lowest BCUT2D eigenvalue weighted by Crippen LogP contribution is -1.91. The minimum absolute atomic E-state index is 0.472. The first-order chi connectivity index (χ1) is 5.79. The normalized spacial score (nSPS) is 10.5. The Morgan fingerprint density at radius 1 is 1.58 bits per heavy atom. The largest absolute Gasteiger partial charge is 0.317 e. The Labute approximate surface area is 74.2 Å². The predicted octanol–water partition coefficient (Wildman–Crippen LogP) is 1.46. The van der Waals surface area contributed by atoms with E-state index in [0.29, 0.717) is 5.28 Å². The Hall–Kier alpha value is -1.29. The molecule has 0 aromatic carbocycles. The predicted molar refractivity (Wildman–Crippen MR) is 45.8 cm³/mol. The highest BCUT2D eigenvalue weighted by Crippen LogP contribution is 2.18. The second kappa shape index (κ2) is 2.64. The molecule has 0 atom stereocenters. The third-order valence-electron chi connectivity index (χ3n) is 1.71. The van der Waals surface area contributed by atoms with Crippen LogP contribution < -0.4 is 0 Å². The third-order valence-corrected chi connectivity index (χ3v) is 2.06. The van der Waals surface area contributed by atoms with E-state index in [4.69, 9.17) is 11.6 Å². The van der Waals surface area contributed by atoms with E-state index < -0.39 is 0 Å². The molecule has 4 nitrogen and oxygen atoms in total. The molecule has 0 amide bonds. The van der Waals surface area contributed by atoms with E-state index in [1.807, 2.05) is 13.1 Å². The van der Waals surface area contributed by atoms with E-state index in [-0.39, 0.29) is 0 Å². The van der Waals surface area contributed by atoms with Crippen molar-refractivity contribution in [3.05, 3.63) is 23.7 Å². The van der Waals surface area contributed by atoms with Gasteiger partial charge in [0.1, 0.15) is 0 Å². The highest BCUT2D eigenvalue weighted by molar-refractivity contribution is 6.28. The van der Waals surface area contributed by atoms with Crippen LogP contribution in [0, 0.1) is 0 Å². The van der Waals surface area contributed by atoms with E-state index in [0.717, 1.165) is 11.4 Å². The number of nitrogens with zero attached hydrogens (tertiary/aromatic N) is 3. The fraction of sp³-hybridized carbons (Fsp3) is 0.143. The lowest BCUT2D eigenvalue weighted by molar-refractivity contribution is 0.914. The molecule has 0 radical (unpaired) electrons. The smallest absolute Gasteiger partial charge is 0.202 e. The van der Waals surface area contributed by atoms with Gasteiger partial charge in [0.05, 0.1) is 17.6 Å². The van der Waals surface area contributed by atoms with Crippen LogP contribution in [0.25, 0.3) is 11.4 Å². The Morgan fingerprint density at radius 3 is 2.92 bits per heavy atom. The van der Waals surface area contributed by atoms with Gasteiger partial charge in [0.15, 0.2) is 0 Å². The summed E-state index contributed by atoms with van der Waals surface area (Å²) in [5.41, 5.74) is 1.84. The molecule has 0 spiro atoms. The average molecular weight is 183 g/mol. The number of hydrogen-bond acceptors (Lipinski definition) is 2. The molecule has 5 heteroatoms. The van der Waals surface area contributed by atoms with Gasteiger partial charge in [0.2, 0.25) is 5.28 Å². The number of imidazole rings is 1. The second-order valence-electron chi connectivity index (χ2n) is 2.44. The molecule has 2 heterocycles. The summed E-state index contributed by atoms with van der Waals surface area (Å²) in [5.74, 6) is 0. The van der Waals surface area contributed by atoms with Gasteiger partial charge in [-0.25, -0.2) is 4.98 Å². The van der Waals surface area contributed by atoms with Gasteiger partial charge >= 0.3 is 0 Å². The minimum atomic E-state index is 0.472. The van der Waals surface area contributed by atoms with Gasteiger partial charge in [-0.15, -0.1) is 0 Å². The Morgan fingerprint density at radius 2 is 2.42 bits per heavy atom. The molecule has 0 bridgehead atoms. The summed E-state index contributed by atoms with van der Waals surface area (Å²) in [5, 5.41) is 7.15. The quantitative estimate of drug-likeness (QED) is 0.726. The van der Waals surface area contributed by atoms with Crippen LogP contribution in [0.3, 0.4) is 0 Å². The summed E-state index contributed by atoms with van der Waals surface area (Å²) in [6, 6.07) is 1.87. The molecule has 0 aliphatic heterocycles. The zero-order valence-electron chi connectivity index (χ0n) is 6.45. The number of H-pyrrole nitrogens is 1. The van der Waals surface area contributed by atoms with Crippen molar-refractivity contribution < 1.29 is 0 Å². The van der Waals surface area contributed by atoms with Gasteiger partial charge in [0.25, 0.3) is 0 Å². The molecule has 2 aromatic heterocycles. The van der Waals surface area contributed by atoms with Crippen molar-refractivity contribution in [1.82, 2.24) is 19.7 Å². The number of aromatic amines is 1. The molecular weight excluding hydrogens is 176 g/mol. The van der Waals surface area contributed by atoms with E-state index in [1.54, 1.807) is 17.0 Å². The van der Waals surface area contributed by atoms with Crippen LogP contribution in [0.1, 0.15) is 0 Å². The average Bonchev–Trinajstić information content (AvgIpc) is 2.64. The first kappa shape index (κ1) is 7.36. The molecule has 12 heavy (non-hydrogen) atoms. The highest BCUT2D eigenvalue weighted by atomic mass is 35.5. The molecule has 0 aliphatic carbocycles. The Kier molecular flexibility index (Phi) is 1.62. The topological polar surface area (TPSA) is 46.5 Å². The van der Waals surface area contributed by atoms with E-state index >= 15 is 0 Å². The summed E-state index contributed by atoms with van der Waals surface area (Å²) in [4.78, 5) is 3.95. The van der Waals surface area contributed by atoms with E-state index in [1.165, 1.54) is 0 Å². The van der Waals surface area contributed by atoms with Gasteiger partial charge in [-0.05, 0) is 17.7 Å². The van der Waals surface area contributed by atoms with Crippen molar-refractivity contribution in [2.24, 2.45) is 7.05 Å². The molecule has 0 saturated carbocycles. The van der Waals surface area contributed by atoms with Gasteiger partial charge in [-0.2, -0.15) is 5.10 Å². The lowest BCUT2D eigenvalue weighted by atomic mass is 10.3. The Balaban J connectivity index is 2.55. The van der Waals surface area contributed by atoms with Gasteiger partial charge in [-0.3, -0.25) is 5.10 Å². The van der Waals surface area contributed by atoms with Crippen molar-refractivity contribution in [3.8, 4) is 11.4 Å². The minimum Gasteiger partial charge on any atom is -0.317 e. The first-order valence-corrected chi connectivity index (χ1v) is 3.84. The van der Waals surface area contributed by atoms with Crippen molar-refractivity contribution >= 4 is 11.6 Å². The fourth-order valence-electron chi connectivity index (χ4n) is 1.04. The number of rotatable bonds is 1. The van der Waals surface area contributed by atoms with Gasteiger partial charge < -0.3 is 4.57 Å². The van der Waals surface area contributed by atoms with Crippen molar-refractivity contribution in [1.29, 1.82) is 0 Å². The monoisotopic (exact) mass is 182 g/mol. The fourth-order valence-corrected chi connectivity index (χ4v) is 1.18. The van der Waals surface area contributed by atoms with Crippen molar-refractivity contribution in [3.63, 3.8) is 0 Å². The summed E-state index contributed by atoms with van der Waals surface area (Å²) < 4.78 is 1.79. The van der Waals surface area contributed by atoms with Crippen LogP contribution in [-0.2, 0) is 7.05 Å². The maximum absolute atomic E-state index is 5.76. The molecule has 0 unspecified atom stereocenters. The number of nitrogens with one attached hydrogen (secondary N) is 1. The van der Waals surface area contributed by atoms with Crippen LogP contribution in [-0.4, -0.2) is 19.7 Å². The summed E-state index contributed by atoms with van der Waals surface area (Å²) in [7, 11) is 1.85. The zero-order chi connectivity index (χ0) is 8.55. The van der Waals surface area contributed by atoms with Crippen LogP contribution in [0.5, 0.6) is 0 Å². The second-order valence-corrected chi connectivity index (χ2v) is 2.78. The molecule has 2 aromatic rings. The molecular formula is C7H7ClN4. The molecule has 2 rings (SSSR count). The molecule has 0 aliphatic rings. The zero-order valence-corrected chi connectivity index (χ0v) is 7.21. The van der Waals surface area contributed by atoms with Crippen LogP contribution in [0.15, 0.2) is 18.5 Å². The summed E-state index contributed by atoms with van der Waals surface area (Å²) in [6.45, 7) is 0. The number of aromatic nitrogens is 4. The molecule has 62 valence electrons. The van der Waals surface area contributed by atoms with Gasteiger partial charge in [-0.1, -0.05) is 0 Å². The molecule has 0 fully saturated rings. The maximum Gasteiger partial charge on any atom is 0.202 e. The summed E-state index contributed by atoms with van der Waals surface area (Å²) in [6.07, 6.45) is 3.39. The first-order valence-electron chi connectivity index (χ1n) is 3.46. The Bertz CT molecular complexity index is 376. The standard InChI is InChI=1S/C7H7ClN4/c1-12-6(4-9-7(12)8)5-2-3-10-11-5/h2-4H,1H3,(H,10,11). The highest BCUT2D eigenvalue weighted by Gasteiger charge is 2.06. The SMILES string of the molecule is Cn1c(-c2ccn[nH]2)cnc1Cl. The van der Waals surface area contributed by atoms with Crippen LogP contribution in [0.4, 0.5) is 0 Å². The van der Waals surface area contributed by atoms with Gasteiger partial charge in [0, 0.05) is 13.2 Å². The van der Waals surface area contributed by atoms with Crippen LogP contribution >= 0.6 is 11.6 Å². The van der Waals surface area contributed by atoms with E-state index in [9.17, 15) is 0 Å². The third kappa shape index (κ3) is 1.00. The molecule has 0 saturated heterocycles. The number of halogens is 1. The van der Waals surface area contributed by atoms with E-state index in [2.05, 4.69) is 15.2 Å². The number of hydrogen-bond donors (Lipinski definition) is 1. The maximum atomic E-state index is 5.76. The lowest BCUT2D eigenvalue weighted by Gasteiger charge is -1.97.